The molecule has 4 nitrogen and oxygen atoms in total. The van der Waals surface area contributed by atoms with Crippen LogP contribution in [0.3, 0.4) is 0 Å². The molecule has 0 aliphatic rings. The van der Waals surface area contributed by atoms with Crippen molar-refractivity contribution >= 4 is 73.0 Å². The molecule has 0 aliphatic heterocycles. The summed E-state index contributed by atoms with van der Waals surface area (Å²) in [4.78, 5) is 7.08. The van der Waals surface area contributed by atoms with E-state index < -0.39 is 0 Å². The molecule has 1 aromatic heterocycles. The minimum absolute atomic E-state index is 1.03. The molecular weight excluding hydrogens is 849 g/mol. The summed E-state index contributed by atoms with van der Waals surface area (Å²) in [6, 6.07) is 104. The summed E-state index contributed by atoms with van der Waals surface area (Å²) in [5.74, 6) is 0. The Morgan fingerprint density at radius 1 is 0.200 bits per heavy atom. The van der Waals surface area contributed by atoms with Crippen molar-refractivity contribution in [2.24, 2.45) is 0 Å². The second-order valence-corrected chi connectivity index (χ2v) is 17.4. The first-order chi connectivity index (χ1) is 34.7. The van der Waals surface area contributed by atoms with Crippen LogP contribution < -0.4 is 14.7 Å². The van der Waals surface area contributed by atoms with Crippen molar-refractivity contribution in [2.45, 2.75) is 0 Å². The van der Waals surface area contributed by atoms with E-state index in [0.29, 0.717) is 0 Å². The van der Waals surface area contributed by atoms with E-state index in [1.54, 1.807) is 0 Å². The van der Waals surface area contributed by atoms with E-state index in [1.807, 2.05) is 0 Å². The van der Waals surface area contributed by atoms with Crippen LogP contribution in [0.25, 0.3) is 49.7 Å². The fraction of sp³-hybridized carbons (Fsp3) is 0. The van der Waals surface area contributed by atoms with Gasteiger partial charge in [0.2, 0.25) is 0 Å². The SMILES string of the molecule is c1ccc(-c2cccc(-c3ccc(N(c4ccccc4)c4cccc(N(c5cccc(N(c6ccccc6)c6ccccc6)c5)c5ccc6c7ccccc7n(-c7ccccc7)c6c5)c4)cc3)c2)cc1. The van der Waals surface area contributed by atoms with Crippen LogP contribution in [0.5, 0.6) is 0 Å². The molecular formula is C66H48N4. The van der Waals surface area contributed by atoms with Crippen LogP contribution in [0.2, 0.25) is 0 Å². The highest BCUT2D eigenvalue weighted by Gasteiger charge is 2.22. The molecule has 11 aromatic carbocycles. The lowest BCUT2D eigenvalue weighted by atomic mass is 9.99. The Kier molecular flexibility index (Phi) is 11.2. The molecule has 12 aromatic rings. The lowest BCUT2D eigenvalue weighted by Crippen LogP contribution is -2.14. The van der Waals surface area contributed by atoms with Crippen LogP contribution in [0.15, 0.2) is 291 Å². The Bertz CT molecular complexity index is 3660. The van der Waals surface area contributed by atoms with Gasteiger partial charge in [0, 0.05) is 67.6 Å². The van der Waals surface area contributed by atoms with Crippen LogP contribution in [-0.4, -0.2) is 4.57 Å². The van der Waals surface area contributed by atoms with E-state index in [-0.39, 0.29) is 0 Å². The fourth-order valence-corrected chi connectivity index (χ4v) is 9.88. The van der Waals surface area contributed by atoms with Gasteiger partial charge in [-0.25, -0.2) is 0 Å². The number of aromatic nitrogens is 1. The van der Waals surface area contributed by atoms with Crippen molar-refractivity contribution in [3.05, 3.63) is 291 Å². The summed E-state index contributed by atoms with van der Waals surface area (Å²) in [7, 11) is 0. The zero-order valence-electron chi connectivity index (χ0n) is 38.5. The first-order valence-electron chi connectivity index (χ1n) is 23.8. The fourth-order valence-electron chi connectivity index (χ4n) is 9.88. The van der Waals surface area contributed by atoms with Crippen LogP contribution in [-0.2, 0) is 0 Å². The van der Waals surface area contributed by atoms with Crippen LogP contribution >= 0.6 is 0 Å². The Labute approximate surface area is 409 Å². The van der Waals surface area contributed by atoms with Crippen molar-refractivity contribution in [1.82, 2.24) is 4.57 Å². The van der Waals surface area contributed by atoms with Crippen LogP contribution in [0.4, 0.5) is 51.2 Å². The number of hydrogen-bond donors (Lipinski definition) is 0. The van der Waals surface area contributed by atoms with Crippen molar-refractivity contribution in [3.63, 3.8) is 0 Å². The smallest absolute Gasteiger partial charge is 0.0561 e. The van der Waals surface area contributed by atoms with E-state index in [0.717, 1.165) is 68.0 Å². The number of fused-ring (bicyclic) bond motifs is 3. The summed E-state index contributed by atoms with van der Waals surface area (Å²) >= 11 is 0. The number of anilines is 9. The lowest BCUT2D eigenvalue weighted by Gasteiger charge is -2.31. The summed E-state index contributed by atoms with van der Waals surface area (Å²) in [5, 5.41) is 2.42. The number of hydrogen-bond acceptors (Lipinski definition) is 3. The summed E-state index contributed by atoms with van der Waals surface area (Å²) < 4.78 is 2.39. The second-order valence-electron chi connectivity index (χ2n) is 17.4. The zero-order valence-corrected chi connectivity index (χ0v) is 38.5. The normalized spacial score (nSPS) is 11.1. The molecule has 70 heavy (non-hydrogen) atoms. The molecule has 0 bridgehead atoms. The lowest BCUT2D eigenvalue weighted by molar-refractivity contribution is 1.18. The molecule has 0 unspecified atom stereocenters. The first-order valence-corrected chi connectivity index (χ1v) is 23.8. The maximum atomic E-state index is 2.40. The average Bonchev–Trinajstić information content (AvgIpc) is 3.77. The highest BCUT2D eigenvalue weighted by Crippen LogP contribution is 2.45. The molecule has 4 heteroatoms. The van der Waals surface area contributed by atoms with Crippen molar-refractivity contribution in [1.29, 1.82) is 0 Å². The molecule has 0 atom stereocenters. The maximum absolute atomic E-state index is 2.40. The van der Waals surface area contributed by atoms with Gasteiger partial charge >= 0.3 is 0 Å². The van der Waals surface area contributed by atoms with Gasteiger partial charge in [0.15, 0.2) is 0 Å². The average molecular weight is 897 g/mol. The monoisotopic (exact) mass is 896 g/mol. The molecule has 0 N–H and O–H groups in total. The van der Waals surface area contributed by atoms with Gasteiger partial charge in [-0.2, -0.15) is 0 Å². The highest BCUT2D eigenvalue weighted by atomic mass is 15.2. The van der Waals surface area contributed by atoms with Gasteiger partial charge in [-0.15, -0.1) is 0 Å². The topological polar surface area (TPSA) is 14.7 Å². The van der Waals surface area contributed by atoms with Crippen molar-refractivity contribution < 1.29 is 0 Å². The third-order valence-corrected chi connectivity index (χ3v) is 13.1. The minimum Gasteiger partial charge on any atom is -0.310 e. The van der Waals surface area contributed by atoms with Gasteiger partial charge in [0.1, 0.15) is 0 Å². The van der Waals surface area contributed by atoms with Crippen molar-refractivity contribution in [3.8, 4) is 27.9 Å². The van der Waals surface area contributed by atoms with Gasteiger partial charge in [0.25, 0.3) is 0 Å². The third kappa shape index (κ3) is 8.14. The second kappa shape index (κ2) is 18.7. The number of nitrogens with zero attached hydrogens (tertiary/aromatic N) is 4. The predicted molar refractivity (Wildman–Crippen MR) is 296 cm³/mol. The number of para-hydroxylation sites is 5. The highest BCUT2D eigenvalue weighted by molar-refractivity contribution is 6.10. The van der Waals surface area contributed by atoms with Gasteiger partial charge in [-0.05, 0) is 144 Å². The summed E-state index contributed by atoms with van der Waals surface area (Å²) in [6.07, 6.45) is 0. The maximum Gasteiger partial charge on any atom is 0.0561 e. The van der Waals surface area contributed by atoms with E-state index in [2.05, 4.69) is 310 Å². The molecule has 12 rings (SSSR count). The largest absolute Gasteiger partial charge is 0.310 e. The molecule has 0 spiro atoms. The zero-order chi connectivity index (χ0) is 46.6. The van der Waals surface area contributed by atoms with E-state index >= 15 is 0 Å². The quantitative estimate of drug-likeness (QED) is 0.121. The standard InChI is InChI=1S/C66H48N4/c1-6-21-49(22-7-1)51-23-18-24-52(45-51)50-39-41-57(42-40-50)68(55-29-12-4-13-30-55)59-34-20-36-61(47-59)69(60-35-19-33-58(46-60)67(53-25-8-2-9-26-53)54-27-10-3-11-28-54)62-43-44-64-63-37-16-17-38-65(63)70(66(64)48-62)56-31-14-5-15-32-56/h1-48H. The Morgan fingerprint density at radius 3 is 1.07 bits per heavy atom. The van der Waals surface area contributed by atoms with E-state index in [1.165, 1.54) is 33.0 Å². The Morgan fingerprint density at radius 2 is 0.543 bits per heavy atom. The third-order valence-electron chi connectivity index (χ3n) is 13.1. The Hall–Kier alpha value is -9.38. The summed E-state index contributed by atoms with van der Waals surface area (Å²) in [5.41, 5.74) is 17.7. The van der Waals surface area contributed by atoms with Gasteiger partial charge < -0.3 is 19.3 Å². The number of benzene rings is 11. The Balaban J connectivity index is 1.02. The summed E-state index contributed by atoms with van der Waals surface area (Å²) in [6.45, 7) is 0. The molecule has 0 aliphatic carbocycles. The van der Waals surface area contributed by atoms with Crippen LogP contribution in [0.1, 0.15) is 0 Å². The van der Waals surface area contributed by atoms with E-state index in [9.17, 15) is 0 Å². The predicted octanol–water partition coefficient (Wildman–Crippen LogP) is 18.5. The van der Waals surface area contributed by atoms with Crippen LogP contribution in [0, 0.1) is 0 Å². The molecule has 0 fully saturated rings. The minimum atomic E-state index is 1.03. The van der Waals surface area contributed by atoms with Gasteiger partial charge in [-0.1, -0.05) is 170 Å². The van der Waals surface area contributed by atoms with Crippen molar-refractivity contribution in [2.75, 3.05) is 14.7 Å². The molecule has 1 heterocycles. The van der Waals surface area contributed by atoms with Gasteiger partial charge in [0.05, 0.1) is 11.0 Å². The molecule has 0 saturated carbocycles. The molecule has 0 saturated heterocycles. The first kappa shape index (κ1) is 42.0. The number of rotatable bonds is 12. The van der Waals surface area contributed by atoms with Gasteiger partial charge in [-0.3, -0.25) is 0 Å². The molecule has 0 radical (unpaired) electrons. The molecule has 332 valence electrons. The molecule has 0 amide bonds. The van der Waals surface area contributed by atoms with E-state index in [4.69, 9.17) is 0 Å².